The molecule has 2 aromatic heterocycles. The summed E-state index contributed by atoms with van der Waals surface area (Å²) in [5, 5.41) is 2.23. The molecule has 5 aromatic rings. The zero-order valence-electron chi connectivity index (χ0n) is 15.4. The summed E-state index contributed by atoms with van der Waals surface area (Å²) in [5.41, 5.74) is 9.31. The zero-order valence-corrected chi connectivity index (χ0v) is 15.4. The molecule has 0 atom stereocenters. The average molecular weight is 373 g/mol. The lowest BCUT2D eigenvalue weighted by Gasteiger charge is -2.28. The molecule has 0 aliphatic carbocycles. The third-order valence-electron chi connectivity index (χ3n) is 6.53. The number of hydrogen-bond acceptors (Lipinski definition) is 3. The fourth-order valence-corrected chi connectivity index (χ4v) is 5.35. The van der Waals surface area contributed by atoms with Crippen molar-refractivity contribution in [2.24, 2.45) is 0 Å². The van der Waals surface area contributed by atoms with Crippen molar-refractivity contribution in [2.45, 2.75) is 6.54 Å². The van der Waals surface area contributed by atoms with E-state index in [0.717, 1.165) is 39.9 Å². The van der Waals surface area contributed by atoms with Crippen LogP contribution >= 0.6 is 0 Å². The van der Waals surface area contributed by atoms with Gasteiger partial charge in [0.05, 0.1) is 16.7 Å². The molecule has 4 nitrogen and oxygen atoms in total. The van der Waals surface area contributed by atoms with Gasteiger partial charge in [-0.1, -0.05) is 30.3 Å². The molecule has 0 fully saturated rings. The van der Waals surface area contributed by atoms with E-state index in [4.69, 9.17) is 9.07 Å². The highest BCUT2D eigenvalue weighted by atomic mass is 16.5. The van der Waals surface area contributed by atoms with Crippen LogP contribution in [-0.4, -0.2) is 7.05 Å². The van der Waals surface area contributed by atoms with E-state index in [1.807, 2.05) is 18.2 Å². The molecule has 29 heavy (non-hydrogen) atoms. The molecular weight excluding hydrogens is 359 g/mol. The Morgan fingerprint density at radius 3 is 2.83 bits per heavy atom. The Morgan fingerprint density at radius 2 is 1.83 bits per heavy atom. The fraction of sp³-hybridized carbons (Fsp3) is 0.0417. The molecule has 0 amide bonds. The van der Waals surface area contributed by atoms with Crippen molar-refractivity contribution in [1.82, 2.24) is 0 Å². The summed E-state index contributed by atoms with van der Waals surface area (Å²) in [6.07, 6.45) is 2.17. The van der Waals surface area contributed by atoms with Gasteiger partial charge in [0, 0.05) is 34.2 Å². The van der Waals surface area contributed by atoms with Crippen LogP contribution in [0.25, 0.3) is 33.2 Å². The number of aromatic nitrogens is 1. The van der Waals surface area contributed by atoms with E-state index in [1.54, 1.807) is 0 Å². The number of pyridine rings is 1. The minimum Gasteiger partial charge on any atom is -0.536 e. The van der Waals surface area contributed by atoms with Crippen molar-refractivity contribution in [3.63, 3.8) is 0 Å². The van der Waals surface area contributed by atoms with Crippen LogP contribution < -0.4 is 19.5 Å². The Labute approximate surface area is 166 Å². The second kappa shape index (κ2) is 4.63. The minimum absolute atomic E-state index is 0.147. The molecule has 5 heterocycles. The van der Waals surface area contributed by atoms with Crippen molar-refractivity contribution < 1.29 is 13.6 Å². The Morgan fingerprint density at radius 1 is 0.862 bits per heavy atom. The van der Waals surface area contributed by atoms with Crippen molar-refractivity contribution in [3.8, 4) is 17.0 Å². The molecule has 0 bridgehead atoms. The molecule has 5 heteroatoms. The highest BCUT2D eigenvalue weighted by Gasteiger charge is 2.51. The van der Waals surface area contributed by atoms with Gasteiger partial charge in [0.2, 0.25) is 5.69 Å². The van der Waals surface area contributed by atoms with Gasteiger partial charge in [-0.2, -0.15) is 4.57 Å². The summed E-state index contributed by atoms with van der Waals surface area (Å²) in [6, 6.07) is 23.4. The molecule has 0 saturated carbocycles. The molecule has 0 spiro atoms. The maximum absolute atomic E-state index is 6.57. The highest BCUT2D eigenvalue weighted by molar-refractivity contribution is 6.77. The topological polar surface area (TPSA) is 29.5 Å². The largest absolute Gasteiger partial charge is 0.536 e. The van der Waals surface area contributed by atoms with Gasteiger partial charge in [-0.05, 0) is 24.3 Å². The first-order chi connectivity index (χ1) is 14.4. The Balaban J connectivity index is 1.45. The number of fused-ring (bicyclic) bond motifs is 8. The summed E-state index contributed by atoms with van der Waals surface area (Å²) in [5.74, 6) is 0.911. The number of anilines is 2. The van der Waals surface area contributed by atoms with Crippen LogP contribution in [0.15, 0.2) is 77.3 Å². The van der Waals surface area contributed by atoms with Gasteiger partial charge in [-0.3, -0.25) is 0 Å². The number of rotatable bonds is 0. The number of hydrogen-bond donors (Lipinski definition) is 0. The van der Waals surface area contributed by atoms with Gasteiger partial charge in [0.15, 0.2) is 12.7 Å². The Hall–Kier alpha value is -3.73. The summed E-state index contributed by atoms with van der Waals surface area (Å²) >= 11 is 0. The lowest BCUT2D eigenvalue weighted by Crippen LogP contribution is -2.53. The molecule has 8 rings (SSSR count). The third-order valence-corrected chi connectivity index (χ3v) is 6.53. The quantitative estimate of drug-likeness (QED) is 0.296. The fourth-order valence-electron chi connectivity index (χ4n) is 5.35. The van der Waals surface area contributed by atoms with Gasteiger partial charge >= 0.3 is 7.05 Å². The second-order valence-electron chi connectivity index (χ2n) is 8.01. The molecular formula is C24H14BN2O2+. The van der Waals surface area contributed by atoms with Crippen molar-refractivity contribution in [1.29, 1.82) is 0 Å². The lowest BCUT2D eigenvalue weighted by molar-refractivity contribution is -0.671. The van der Waals surface area contributed by atoms with E-state index in [0.29, 0.717) is 0 Å². The first-order valence-electron chi connectivity index (χ1n) is 9.93. The summed E-state index contributed by atoms with van der Waals surface area (Å²) in [7, 11) is -0.147. The Kier molecular flexibility index (Phi) is 2.28. The summed E-state index contributed by atoms with van der Waals surface area (Å²) in [4.78, 5) is 2.33. The summed E-state index contributed by atoms with van der Waals surface area (Å²) in [6.45, 7) is 0.919. The summed E-state index contributed by atoms with van der Waals surface area (Å²) < 4.78 is 15.1. The van der Waals surface area contributed by atoms with Crippen LogP contribution in [0.2, 0.25) is 0 Å². The number of para-hydroxylation sites is 1. The maximum atomic E-state index is 6.57. The maximum Gasteiger partial charge on any atom is 0.531 e. The number of benzene rings is 3. The van der Waals surface area contributed by atoms with Crippen LogP contribution in [0.3, 0.4) is 0 Å². The molecule has 3 aromatic carbocycles. The normalized spacial score (nSPS) is 14.9. The highest BCUT2D eigenvalue weighted by Crippen LogP contribution is 2.50. The monoisotopic (exact) mass is 373 g/mol. The van der Waals surface area contributed by atoms with E-state index >= 15 is 0 Å². The van der Waals surface area contributed by atoms with Crippen LogP contribution in [0.5, 0.6) is 5.75 Å². The van der Waals surface area contributed by atoms with Crippen molar-refractivity contribution in [3.05, 3.63) is 78.5 Å². The Bertz CT molecular complexity index is 1540. The molecule has 0 N–H and O–H groups in total. The average Bonchev–Trinajstić information content (AvgIpc) is 3.42. The molecule has 134 valence electrons. The number of furan rings is 1. The molecule has 0 unspecified atom stereocenters. The van der Waals surface area contributed by atoms with E-state index in [2.05, 4.69) is 64.1 Å². The van der Waals surface area contributed by atoms with Crippen LogP contribution in [0.4, 0.5) is 11.4 Å². The smallest absolute Gasteiger partial charge is 0.531 e. The molecule has 3 aliphatic heterocycles. The first-order valence-corrected chi connectivity index (χ1v) is 9.93. The predicted molar refractivity (Wildman–Crippen MR) is 113 cm³/mol. The van der Waals surface area contributed by atoms with E-state index in [-0.39, 0.29) is 7.05 Å². The van der Waals surface area contributed by atoms with E-state index < -0.39 is 0 Å². The van der Waals surface area contributed by atoms with Crippen LogP contribution in [-0.2, 0) is 6.54 Å². The lowest BCUT2D eigenvalue weighted by atomic mass is 9.66. The van der Waals surface area contributed by atoms with Gasteiger partial charge < -0.3 is 13.9 Å². The first kappa shape index (κ1) is 14.3. The van der Waals surface area contributed by atoms with Crippen molar-refractivity contribution >= 4 is 45.8 Å². The van der Waals surface area contributed by atoms with Gasteiger partial charge in [-0.25, -0.2) is 0 Å². The van der Waals surface area contributed by atoms with Crippen LogP contribution in [0.1, 0.15) is 5.56 Å². The van der Waals surface area contributed by atoms with E-state index in [1.165, 1.54) is 28.0 Å². The van der Waals surface area contributed by atoms with Gasteiger partial charge in [-0.15, -0.1) is 0 Å². The SMILES string of the molecule is c1cc2c3c(c1)N1B(Oc4cc5c(cc41)oc1ccccc15)c1ccc[n+](c1-3)C2. The third kappa shape index (κ3) is 1.58. The van der Waals surface area contributed by atoms with Gasteiger partial charge in [0.25, 0.3) is 0 Å². The molecule has 0 radical (unpaired) electrons. The molecule has 0 saturated heterocycles. The standard InChI is InChI=1S/C24H14BN2O2/c1-2-9-20-15(6-1)16-11-22-19(12-21(16)28-20)27-18-8-3-5-14-13-26-10-4-7-17(25(27)29-22)24(26)23(14)18/h1-12H,13H2/q+1. The molecule has 3 aliphatic rings. The van der Waals surface area contributed by atoms with E-state index in [9.17, 15) is 0 Å². The van der Waals surface area contributed by atoms with Crippen molar-refractivity contribution in [2.75, 3.05) is 4.81 Å². The zero-order chi connectivity index (χ0) is 18.7. The predicted octanol–water partition coefficient (Wildman–Crippen LogP) is 4.14. The number of nitrogens with zero attached hydrogens (tertiary/aromatic N) is 2. The van der Waals surface area contributed by atoms with Crippen LogP contribution in [0, 0.1) is 0 Å². The van der Waals surface area contributed by atoms with Gasteiger partial charge in [0.1, 0.15) is 16.9 Å². The minimum atomic E-state index is -0.147. The second-order valence-corrected chi connectivity index (χ2v) is 8.01.